The first-order valence-electron chi connectivity index (χ1n) is 15.1. The van der Waals surface area contributed by atoms with Gasteiger partial charge in [-0.1, -0.05) is 24.5 Å². The van der Waals surface area contributed by atoms with Crippen LogP contribution in [0.2, 0.25) is 0 Å². The minimum atomic E-state index is -0.784. The van der Waals surface area contributed by atoms with Crippen molar-refractivity contribution in [3.8, 4) is 0 Å². The van der Waals surface area contributed by atoms with E-state index in [-0.39, 0.29) is 53.9 Å². The molecule has 12 heteroatoms. The molecule has 1 aromatic heterocycles. The summed E-state index contributed by atoms with van der Waals surface area (Å²) in [5.41, 5.74) is 8.91. The number of ketones is 1. The Morgan fingerprint density at radius 2 is 2.05 bits per heavy atom. The molecule has 1 saturated heterocycles. The van der Waals surface area contributed by atoms with E-state index in [0.717, 1.165) is 25.7 Å². The van der Waals surface area contributed by atoms with Gasteiger partial charge in [-0.15, -0.1) is 0 Å². The predicted octanol–water partition coefficient (Wildman–Crippen LogP) is 3.47. The van der Waals surface area contributed by atoms with Gasteiger partial charge in [0.05, 0.1) is 18.1 Å². The summed E-state index contributed by atoms with van der Waals surface area (Å²) in [6, 6.07) is -0.663. The molecule has 0 spiro atoms. The Labute approximate surface area is 243 Å². The molecule has 4 aliphatic carbocycles. The summed E-state index contributed by atoms with van der Waals surface area (Å²) in [7, 11) is 0. The zero-order valence-electron chi connectivity index (χ0n) is 24.3. The highest BCUT2D eigenvalue weighted by molar-refractivity contribution is 5.91. The highest BCUT2D eigenvalue weighted by atomic mass is 16.6. The summed E-state index contributed by atoms with van der Waals surface area (Å²) >= 11 is 0. The fraction of sp³-hybridized carbons (Fsp3) is 0.733. The van der Waals surface area contributed by atoms with E-state index in [0.29, 0.717) is 24.8 Å². The molecule has 1 aromatic rings. The van der Waals surface area contributed by atoms with Gasteiger partial charge in [0, 0.05) is 29.5 Å². The molecule has 1 aliphatic heterocycles. The van der Waals surface area contributed by atoms with Crippen LogP contribution in [0.3, 0.4) is 0 Å². The van der Waals surface area contributed by atoms with Crippen molar-refractivity contribution in [3.63, 3.8) is 0 Å². The Morgan fingerprint density at radius 3 is 2.81 bits per heavy atom. The molecular weight excluding hydrogens is 542 g/mol. The summed E-state index contributed by atoms with van der Waals surface area (Å²) in [5.74, 6) is 0.0838. The van der Waals surface area contributed by atoms with Crippen LogP contribution >= 0.6 is 0 Å². The Bertz CT molecular complexity index is 1490. The monoisotopic (exact) mass is 581 g/mol. The second-order valence-electron chi connectivity index (χ2n) is 13.5. The number of fused-ring (bicyclic) bond motifs is 5. The van der Waals surface area contributed by atoms with Gasteiger partial charge in [-0.3, -0.25) is 23.9 Å². The lowest BCUT2D eigenvalue weighted by atomic mass is 9.46. The first-order valence-corrected chi connectivity index (χ1v) is 15.1. The van der Waals surface area contributed by atoms with Gasteiger partial charge in [-0.05, 0) is 85.6 Å². The number of carbonyl (C=O) groups is 2. The van der Waals surface area contributed by atoms with Crippen LogP contribution in [-0.4, -0.2) is 51.3 Å². The van der Waals surface area contributed by atoms with Gasteiger partial charge in [0.1, 0.15) is 18.9 Å². The van der Waals surface area contributed by atoms with Crippen molar-refractivity contribution in [3.05, 3.63) is 54.7 Å². The minimum Gasteiger partial charge on any atom is -0.463 e. The van der Waals surface area contributed by atoms with Crippen molar-refractivity contribution in [2.45, 2.75) is 96.6 Å². The van der Waals surface area contributed by atoms with Crippen molar-refractivity contribution in [1.29, 1.82) is 0 Å². The van der Waals surface area contributed by atoms with Crippen LogP contribution in [0.5, 0.6) is 0 Å². The molecule has 0 aromatic carbocycles. The number of H-pyrrole nitrogens is 1. The standard InChI is InChI=1S/C30H39N5O7/c1-15-13-35(28(40)32-26(15)38)24-11-21(33-34-31)23(42-24)14-41-27(39)20-7-6-19-18-5-4-16-10-17(36)8-9-29(16,2)25(18)22(37)12-30(19,20)3/h10,13,18-25,37H,4-9,11-12,14H2,1-3H3,(H,32,38,40)/t18-,19-,20+,21-,22-,23+,24+,25+,29-,30-/m0/s1. The Kier molecular flexibility index (Phi) is 7.22. The molecule has 12 nitrogen and oxygen atoms in total. The average molecular weight is 582 g/mol. The fourth-order valence-corrected chi connectivity index (χ4v) is 9.36. The summed E-state index contributed by atoms with van der Waals surface area (Å²) < 4.78 is 13.1. The number of azide groups is 1. The maximum absolute atomic E-state index is 13.6. The van der Waals surface area contributed by atoms with Gasteiger partial charge in [-0.2, -0.15) is 0 Å². The molecule has 0 unspecified atom stereocenters. The number of nitrogens with zero attached hydrogens (tertiary/aromatic N) is 4. The van der Waals surface area contributed by atoms with Crippen LogP contribution in [0.4, 0.5) is 0 Å². The van der Waals surface area contributed by atoms with Gasteiger partial charge < -0.3 is 14.6 Å². The van der Waals surface area contributed by atoms with Crippen LogP contribution in [0.25, 0.3) is 10.4 Å². The predicted molar refractivity (Wildman–Crippen MR) is 150 cm³/mol. The third-order valence-corrected chi connectivity index (χ3v) is 11.4. The van der Waals surface area contributed by atoms with Crippen molar-refractivity contribution in [1.82, 2.24) is 9.55 Å². The maximum atomic E-state index is 13.6. The lowest BCUT2D eigenvalue weighted by Crippen LogP contribution is -2.57. The molecule has 6 rings (SSSR count). The quantitative estimate of drug-likeness (QED) is 0.231. The van der Waals surface area contributed by atoms with Gasteiger partial charge in [0.25, 0.3) is 5.56 Å². The Hall–Kier alpha value is -3.21. The van der Waals surface area contributed by atoms with E-state index >= 15 is 0 Å². The van der Waals surface area contributed by atoms with E-state index in [1.807, 2.05) is 6.08 Å². The van der Waals surface area contributed by atoms with E-state index in [1.165, 1.54) is 16.3 Å². The summed E-state index contributed by atoms with van der Waals surface area (Å²) in [4.78, 5) is 55.1. The number of allylic oxidation sites excluding steroid dienone is 1. The number of hydrogen-bond acceptors (Lipinski definition) is 8. The number of aromatic nitrogens is 2. The number of hydrogen-bond donors (Lipinski definition) is 2. The van der Waals surface area contributed by atoms with Crippen molar-refractivity contribution in [2.24, 2.45) is 39.6 Å². The molecule has 10 atom stereocenters. The van der Waals surface area contributed by atoms with Gasteiger partial charge in [0.15, 0.2) is 5.78 Å². The number of aromatic amines is 1. The summed E-state index contributed by atoms with van der Waals surface area (Å²) in [5, 5.41) is 15.4. The number of rotatable bonds is 5. The molecule has 3 saturated carbocycles. The summed E-state index contributed by atoms with van der Waals surface area (Å²) in [6.07, 6.45) is 6.43. The molecule has 226 valence electrons. The number of aliphatic hydroxyl groups excluding tert-OH is 1. The highest BCUT2D eigenvalue weighted by Gasteiger charge is 2.63. The van der Waals surface area contributed by atoms with Crippen LogP contribution in [0, 0.1) is 41.4 Å². The number of aliphatic hydroxyl groups is 1. The molecule has 4 fully saturated rings. The number of carbonyl (C=O) groups excluding carboxylic acids is 2. The Morgan fingerprint density at radius 1 is 1.26 bits per heavy atom. The third-order valence-electron chi connectivity index (χ3n) is 11.4. The van der Waals surface area contributed by atoms with Crippen LogP contribution in [-0.2, 0) is 19.1 Å². The molecule has 0 radical (unpaired) electrons. The first-order chi connectivity index (χ1) is 20.0. The molecule has 0 bridgehead atoms. The van der Waals surface area contributed by atoms with Crippen LogP contribution in [0.15, 0.2) is 32.5 Å². The molecule has 42 heavy (non-hydrogen) atoms. The number of aryl methyl sites for hydroxylation is 1. The molecule has 2 heterocycles. The third kappa shape index (κ3) is 4.55. The lowest BCUT2D eigenvalue weighted by Gasteiger charge is -2.59. The van der Waals surface area contributed by atoms with E-state index in [1.54, 1.807) is 6.92 Å². The van der Waals surface area contributed by atoms with Gasteiger partial charge in [-0.25, -0.2) is 4.79 Å². The second kappa shape index (κ2) is 10.5. The first kappa shape index (κ1) is 28.9. The topological polar surface area (TPSA) is 176 Å². The number of nitrogens with one attached hydrogen (secondary N) is 1. The van der Waals surface area contributed by atoms with Gasteiger partial charge >= 0.3 is 11.7 Å². The minimum absolute atomic E-state index is 0.0758. The van der Waals surface area contributed by atoms with E-state index in [9.17, 15) is 24.3 Å². The average Bonchev–Trinajstić information content (AvgIpc) is 3.50. The van der Waals surface area contributed by atoms with Crippen molar-refractivity contribution < 1.29 is 24.2 Å². The zero-order valence-corrected chi connectivity index (χ0v) is 24.3. The maximum Gasteiger partial charge on any atom is 0.330 e. The van der Waals surface area contributed by atoms with Crippen molar-refractivity contribution in [2.75, 3.05) is 6.61 Å². The smallest absolute Gasteiger partial charge is 0.330 e. The zero-order chi connectivity index (χ0) is 30.0. The van der Waals surface area contributed by atoms with Crippen LogP contribution in [0.1, 0.15) is 77.0 Å². The van der Waals surface area contributed by atoms with E-state index < -0.39 is 41.1 Å². The van der Waals surface area contributed by atoms with E-state index in [2.05, 4.69) is 28.9 Å². The largest absolute Gasteiger partial charge is 0.463 e. The number of esters is 1. The second-order valence-corrected chi connectivity index (χ2v) is 13.5. The highest BCUT2D eigenvalue weighted by Crippen LogP contribution is 2.66. The normalized spacial score (nSPS) is 40.8. The Balaban J connectivity index is 1.16. The SMILES string of the molecule is Cc1cn([C@H]2C[C@H](N=[N+]=[N-])[C@@H](COC(=O)[C@H]3CC[C@H]4[C@@H]5CCC6=CC(=O)CC[C@]6(C)[C@H]5[C@@H](O)C[C@]34C)O2)c(=O)[nH]c1=O. The molecule has 2 N–H and O–H groups in total. The number of ether oxygens (including phenoxy) is 2. The lowest BCUT2D eigenvalue weighted by molar-refractivity contribution is -0.167. The van der Waals surface area contributed by atoms with Gasteiger partial charge in [0.2, 0.25) is 0 Å². The summed E-state index contributed by atoms with van der Waals surface area (Å²) in [6.45, 7) is 5.77. The van der Waals surface area contributed by atoms with Crippen molar-refractivity contribution >= 4 is 11.8 Å². The molecular formula is C30H39N5O7. The fourth-order valence-electron chi connectivity index (χ4n) is 9.36. The van der Waals surface area contributed by atoms with E-state index in [4.69, 9.17) is 15.0 Å². The molecule has 5 aliphatic rings. The molecule has 0 amide bonds. The van der Waals surface area contributed by atoms with Crippen LogP contribution < -0.4 is 11.2 Å².